The zero-order chi connectivity index (χ0) is 25.4. The van der Waals surface area contributed by atoms with Gasteiger partial charge in [0.2, 0.25) is 5.91 Å². The lowest BCUT2D eigenvalue weighted by atomic mass is 9.90. The summed E-state index contributed by atoms with van der Waals surface area (Å²) in [5.74, 6) is -1.86. The second-order valence-corrected chi connectivity index (χ2v) is 7.71. The van der Waals surface area contributed by atoms with Crippen LogP contribution in [-0.4, -0.2) is 43.0 Å². The summed E-state index contributed by atoms with van der Waals surface area (Å²) in [6.45, 7) is 4.32. The first-order chi connectivity index (χ1) is 15.1. The first kappa shape index (κ1) is 18.6. The minimum Gasteiger partial charge on any atom is -0.444 e. The van der Waals surface area contributed by atoms with E-state index in [0.717, 1.165) is 5.56 Å². The lowest BCUT2D eigenvalue weighted by Crippen LogP contribution is -2.38. The van der Waals surface area contributed by atoms with Crippen LogP contribution >= 0.6 is 0 Å². The third-order valence-corrected chi connectivity index (χ3v) is 4.06. The maximum absolute atomic E-state index is 12.9. The lowest BCUT2D eigenvalue weighted by Gasteiger charge is -2.20. The summed E-state index contributed by atoms with van der Waals surface area (Å²) in [6.07, 6.45) is -6.27. The van der Waals surface area contributed by atoms with Gasteiger partial charge in [0.25, 0.3) is 0 Å². The molecule has 1 rings (SSSR count). The maximum atomic E-state index is 12.9. The quantitative estimate of drug-likeness (QED) is 0.491. The normalized spacial score (nSPS) is 16.4. The SMILES string of the molecule is [2H]C([2H])(CNC(=O)OC(C)(C)C)C([2H])([2H])C[C@H](NC)C(=O)C[C@@H](Cc1ccccc1)C(N)=O. The number of nitrogens with two attached hydrogens (primary N) is 1. The van der Waals surface area contributed by atoms with Crippen LogP contribution in [0, 0.1) is 5.92 Å². The summed E-state index contributed by atoms with van der Waals surface area (Å²) in [5.41, 5.74) is 5.55. The number of ether oxygens (including phenoxy) is 1. The Balaban J connectivity index is 2.82. The molecule has 162 valence electrons. The fraction of sp³-hybridized carbons (Fsp3) is 0.591. The van der Waals surface area contributed by atoms with Crippen LogP contribution in [0.5, 0.6) is 0 Å². The van der Waals surface area contributed by atoms with E-state index >= 15 is 0 Å². The molecule has 2 atom stereocenters. The Bertz CT molecular complexity index is 814. The highest BCUT2D eigenvalue weighted by Gasteiger charge is 2.24. The molecule has 0 aromatic heterocycles. The van der Waals surface area contributed by atoms with Crippen LogP contribution in [0.2, 0.25) is 0 Å². The largest absolute Gasteiger partial charge is 0.444 e. The number of amides is 2. The van der Waals surface area contributed by atoms with Crippen LogP contribution in [0.25, 0.3) is 0 Å². The number of Topliss-reactive ketones (excluding diaryl/α,β-unsaturated/α-hetero) is 1. The molecule has 0 heterocycles. The van der Waals surface area contributed by atoms with Crippen LogP contribution in [0.15, 0.2) is 30.3 Å². The second-order valence-electron chi connectivity index (χ2n) is 7.71. The van der Waals surface area contributed by atoms with Crippen molar-refractivity contribution in [3.05, 3.63) is 35.9 Å². The molecule has 2 amide bonds. The topological polar surface area (TPSA) is 111 Å². The van der Waals surface area contributed by atoms with Crippen molar-refractivity contribution >= 4 is 17.8 Å². The molecule has 0 radical (unpaired) electrons. The van der Waals surface area contributed by atoms with E-state index in [0.29, 0.717) is 0 Å². The highest BCUT2D eigenvalue weighted by molar-refractivity contribution is 5.89. The Morgan fingerprint density at radius 1 is 1.17 bits per heavy atom. The van der Waals surface area contributed by atoms with Gasteiger partial charge >= 0.3 is 6.09 Å². The Hall–Kier alpha value is -2.41. The van der Waals surface area contributed by atoms with Gasteiger partial charge < -0.3 is 21.1 Å². The van der Waals surface area contributed by atoms with Crippen LogP contribution in [0.3, 0.4) is 0 Å². The predicted octanol–water partition coefficient (Wildman–Crippen LogP) is 2.57. The number of carbonyl (C=O) groups excluding carboxylic acids is 3. The van der Waals surface area contributed by atoms with Gasteiger partial charge in [-0.3, -0.25) is 9.59 Å². The van der Waals surface area contributed by atoms with Gasteiger partial charge in [0.1, 0.15) is 5.60 Å². The predicted molar refractivity (Wildman–Crippen MR) is 113 cm³/mol. The lowest BCUT2D eigenvalue weighted by molar-refractivity contribution is -0.128. The molecular formula is C22H35N3O4. The fourth-order valence-electron chi connectivity index (χ4n) is 2.60. The van der Waals surface area contributed by atoms with E-state index in [9.17, 15) is 14.4 Å². The van der Waals surface area contributed by atoms with E-state index in [1.165, 1.54) is 7.05 Å². The molecule has 0 spiro atoms. The van der Waals surface area contributed by atoms with E-state index < -0.39 is 61.1 Å². The van der Waals surface area contributed by atoms with Gasteiger partial charge in [-0.1, -0.05) is 30.3 Å². The smallest absolute Gasteiger partial charge is 0.407 e. The average Bonchev–Trinajstić information content (AvgIpc) is 2.69. The van der Waals surface area contributed by atoms with Gasteiger partial charge in [-0.2, -0.15) is 0 Å². The number of ketones is 1. The highest BCUT2D eigenvalue weighted by atomic mass is 16.6. The molecule has 29 heavy (non-hydrogen) atoms. The summed E-state index contributed by atoms with van der Waals surface area (Å²) in [6, 6.07) is 8.05. The molecular weight excluding hydrogens is 370 g/mol. The van der Waals surface area contributed by atoms with E-state index in [2.05, 4.69) is 10.6 Å². The number of carbonyl (C=O) groups is 3. The first-order valence-electron chi connectivity index (χ1n) is 11.6. The van der Waals surface area contributed by atoms with Gasteiger partial charge in [0, 0.05) is 24.4 Å². The van der Waals surface area contributed by atoms with Crippen molar-refractivity contribution < 1.29 is 24.6 Å². The number of nitrogens with one attached hydrogen (secondary N) is 2. The van der Waals surface area contributed by atoms with Crippen LogP contribution in [-0.2, 0) is 20.7 Å². The summed E-state index contributed by atoms with van der Waals surface area (Å²) >= 11 is 0. The zero-order valence-corrected chi connectivity index (χ0v) is 17.6. The Labute approximate surface area is 179 Å². The number of likely N-dealkylation sites (N-methyl/N-ethyl adjacent to an activating group) is 1. The third-order valence-electron chi connectivity index (χ3n) is 4.06. The molecule has 1 aromatic rings. The van der Waals surface area contributed by atoms with Gasteiger partial charge in [-0.25, -0.2) is 4.79 Å². The van der Waals surface area contributed by atoms with E-state index in [1.807, 2.05) is 30.3 Å². The van der Waals surface area contributed by atoms with Gasteiger partial charge in [-0.15, -0.1) is 0 Å². The van der Waals surface area contributed by atoms with Crippen molar-refractivity contribution in [3.63, 3.8) is 0 Å². The standard InChI is InChI=1S/C22H35N3O4/c1-22(2,3)29-21(28)25-13-9-8-12-18(24-4)19(26)15-17(20(23)27)14-16-10-6-5-7-11-16/h5-7,10-11,17-18,24H,8-9,12-15H2,1-4H3,(H2,23,27)(H,25,28)/t17-,18+/m1/s1/i8D2,9D2. The number of hydrogen-bond donors (Lipinski definition) is 3. The van der Waals surface area contributed by atoms with Gasteiger partial charge in [0.05, 0.1) is 6.04 Å². The Morgan fingerprint density at radius 2 is 1.83 bits per heavy atom. The molecule has 4 N–H and O–H groups in total. The molecule has 0 aliphatic rings. The minimum atomic E-state index is -2.49. The molecule has 7 heteroatoms. The molecule has 0 unspecified atom stereocenters. The fourth-order valence-corrected chi connectivity index (χ4v) is 2.60. The third kappa shape index (κ3) is 10.6. The maximum Gasteiger partial charge on any atom is 0.407 e. The van der Waals surface area contributed by atoms with Crippen molar-refractivity contribution in [3.8, 4) is 0 Å². The number of benzene rings is 1. The minimum absolute atomic E-state index is 0.203. The zero-order valence-electron chi connectivity index (χ0n) is 21.6. The van der Waals surface area contributed by atoms with Crippen LogP contribution in [0.1, 0.15) is 57.4 Å². The second kappa shape index (κ2) is 12.2. The van der Waals surface area contributed by atoms with Crippen molar-refractivity contribution in [1.29, 1.82) is 0 Å². The molecule has 1 aromatic carbocycles. The molecule has 7 nitrogen and oxygen atoms in total. The highest BCUT2D eigenvalue weighted by Crippen LogP contribution is 2.15. The number of rotatable bonds is 12. The molecule has 0 fully saturated rings. The summed E-state index contributed by atoms with van der Waals surface area (Å²) in [4.78, 5) is 36.6. The number of hydrogen-bond acceptors (Lipinski definition) is 5. The van der Waals surface area contributed by atoms with E-state index in [4.69, 9.17) is 16.0 Å². The summed E-state index contributed by atoms with van der Waals surface area (Å²) in [7, 11) is 1.46. The van der Waals surface area contributed by atoms with E-state index in [-0.39, 0.29) is 12.8 Å². The van der Waals surface area contributed by atoms with Crippen molar-refractivity contribution in [1.82, 2.24) is 10.6 Å². The van der Waals surface area contributed by atoms with Gasteiger partial charge in [0.15, 0.2) is 5.78 Å². The molecule has 0 aliphatic carbocycles. The summed E-state index contributed by atoms with van der Waals surface area (Å²) in [5, 5.41) is 4.95. The van der Waals surface area contributed by atoms with Gasteiger partial charge in [-0.05, 0) is 59.0 Å². The number of primary amides is 1. The molecule has 0 bridgehead atoms. The Kier molecular flexibility index (Phi) is 7.84. The monoisotopic (exact) mass is 409 g/mol. The van der Waals surface area contributed by atoms with Crippen molar-refractivity contribution in [2.75, 3.05) is 13.6 Å². The number of alkyl carbamates (subject to hydrolysis) is 1. The van der Waals surface area contributed by atoms with Crippen molar-refractivity contribution in [2.45, 2.75) is 64.4 Å². The van der Waals surface area contributed by atoms with Crippen LogP contribution in [0.4, 0.5) is 4.79 Å². The molecule has 0 saturated carbocycles. The average molecular weight is 410 g/mol. The summed E-state index contributed by atoms with van der Waals surface area (Å²) < 4.78 is 37.8. The Morgan fingerprint density at radius 3 is 2.38 bits per heavy atom. The molecule has 0 aliphatic heterocycles. The van der Waals surface area contributed by atoms with Crippen molar-refractivity contribution in [2.24, 2.45) is 11.7 Å². The molecule has 0 saturated heterocycles. The first-order valence-corrected chi connectivity index (χ1v) is 9.58. The van der Waals surface area contributed by atoms with Crippen LogP contribution < -0.4 is 16.4 Å². The van der Waals surface area contributed by atoms with E-state index in [1.54, 1.807) is 20.8 Å².